The summed E-state index contributed by atoms with van der Waals surface area (Å²) in [6.07, 6.45) is 0. The molecule has 1 N–H and O–H groups in total. The van der Waals surface area contributed by atoms with E-state index in [1.54, 1.807) is 18.9 Å². The highest BCUT2D eigenvalue weighted by Crippen LogP contribution is 2.48. The Morgan fingerprint density at radius 1 is 1.19 bits per heavy atom. The number of aryl methyl sites for hydroxylation is 2. The predicted octanol–water partition coefficient (Wildman–Crippen LogP) is 2.75. The molecular weight excluding hydrogens is 334 g/mol. The van der Waals surface area contributed by atoms with Gasteiger partial charge in [-0.3, -0.25) is 4.68 Å². The molecule has 0 amide bonds. The first-order chi connectivity index (χ1) is 12.4. The van der Waals surface area contributed by atoms with Crippen LogP contribution in [0.5, 0.6) is 11.5 Å². The van der Waals surface area contributed by atoms with E-state index in [-0.39, 0.29) is 5.92 Å². The summed E-state index contributed by atoms with van der Waals surface area (Å²) in [7, 11) is 6.43. The van der Waals surface area contributed by atoms with E-state index in [1.807, 2.05) is 39.1 Å². The van der Waals surface area contributed by atoms with E-state index in [0.717, 1.165) is 28.3 Å². The van der Waals surface area contributed by atoms with Crippen molar-refractivity contribution in [3.8, 4) is 11.5 Å². The molecule has 1 aliphatic rings. The van der Waals surface area contributed by atoms with Crippen LogP contribution in [0.4, 0.5) is 5.82 Å². The van der Waals surface area contributed by atoms with Gasteiger partial charge in [0.1, 0.15) is 5.82 Å². The molecular formula is C19H23N3O4. The molecule has 1 unspecified atom stereocenters. The van der Waals surface area contributed by atoms with Crippen molar-refractivity contribution < 1.29 is 19.0 Å². The number of carbonyl (C=O) groups is 1. The van der Waals surface area contributed by atoms with Crippen LogP contribution in [0.2, 0.25) is 0 Å². The van der Waals surface area contributed by atoms with Gasteiger partial charge in [0.25, 0.3) is 0 Å². The number of fused-ring (bicyclic) bond motifs is 1. The average molecular weight is 357 g/mol. The Morgan fingerprint density at radius 2 is 1.92 bits per heavy atom. The number of aromatic nitrogens is 2. The molecule has 3 rings (SSSR count). The number of hydrogen-bond acceptors (Lipinski definition) is 6. The first kappa shape index (κ1) is 17.8. The van der Waals surface area contributed by atoms with Gasteiger partial charge >= 0.3 is 5.97 Å². The lowest BCUT2D eigenvalue weighted by molar-refractivity contribution is -0.136. The van der Waals surface area contributed by atoms with Gasteiger partial charge < -0.3 is 19.5 Å². The molecule has 0 bridgehead atoms. The minimum Gasteiger partial charge on any atom is -0.493 e. The lowest BCUT2D eigenvalue weighted by Crippen LogP contribution is -2.25. The summed E-state index contributed by atoms with van der Waals surface area (Å²) in [5, 5.41) is 7.81. The number of nitrogens with one attached hydrogen (secondary N) is 1. The van der Waals surface area contributed by atoms with Gasteiger partial charge in [0.05, 0.1) is 38.5 Å². The standard InChI is InChI=1S/C19H23N3O4/c1-10-15(19(23)26-6)16(14-11(2)21-22(3)18(14)20-10)12-8-7-9-13(24-4)17(12)25-5/h7-9,16,20H,1-6H3. The van der Waals surface area contributed by atoms with Crippen molar-refractivity contribution in [2.75, 3.05) is 26.6 Å². The maximum Gasteiger partial charge on any atom is 0.336 e. The summed E-state index contributed by atoms with van der Waals surface area (Å²) >= 11 is 0. The van der Waals surface area contributed by atoms with Crippen LogP contribution in [0.15, 0.2) is 29.5 Å². The molecule has 1 aromatic carbocycles. The Hall–Kier alpha value is -2.96. The van der Waals surface area contributed by atoms with Crippen molar-refractivity contribution in [1.82, 2.24) is 9.78 Å². The predicted molar refractivity (Wildman–Crippen MR) is 97.7 cm³/mol. The van der Waals surface area contributed by atoms with Crippen LogP contribution in [0, 0.1) is 6.92 Å². The van der Waals surface area contributed by atoms with Gasteiger partial charge in [0.15, 0.2) is 11.5 Å². The Morgan fingerprint density at radius 3 is 2.54 bits per heavy atom. The number of nitrogens with zero attached hydrogens (tertiary/aromatic N) is 2. The monoisotopic (exact) mass is 357 g/mol. The highest BCUT2D eigenvalue weighted by molar-refractivity contribution is 5.95. The van der Waals surface area contributed by atoms with Gasteiger partial charge in [0, 0.05) is 23.9 Å². The summed E-state index contributed by atoms with van der Waals surface area (Å²) in [5.74, 6) is 1.28. The lowest BCUT2D eigenvalue weighted by atomic mass is 9.81. The zero-order valence-corrected chi connectivity index (χ0v) is 15.8. The molecule has 7 heteroatoms. The Kier molecular flexibility index (Phi) is 4.63. The molecule has 0 aliphatic carbocycles. The number of carbonyl (C=O) groups excluding carboxylic acids is 1. The van der Waals surface area contributed by atoms with Crippen molar-refractivity contribution >= 4 is 11.8 Å². The minimum absolute atomic E-state index is 0.377. The molecule has 1 aromatic heterocycles. The summed E-state index contributed by atoms with van der Waals surface area (Å²) in [6, 6.07) is 5.65. The first-order valence-corrected chi connectivity index (χ1v) is 8.25. The van der Waals surface area contributed by atoms with Crippen LogP contribution in [-0.2, 0) is 16.6 Å². The number of allylic oxidation sites excluding steroid dienone is 1. The second-order valence-corrected chi connectivity index (χ2v) is 6.14. The summed E-state index contributed by atoms with van der Waals surface area (Å²) in [5.41, 5.74) is 3.83. The smallest absolute Gasteiger partial charge is 0.336 e. The number of esters is 1. The summed E-state index contributed by atoms with van der Waals surface area (Å²) < 4.78 is 17.9. The quantitative estimate of drug-likeness (QED) is 0.848. The van der Waals surface area contributed by atoms with Crippen molar-refractivity contribution in [2.45, 2.75) is 19.8 Å². The number of para-hydroxylation sites is 1. The second kappa shape index (κ2) is 6.74. The van der Waals surface area contributed by atoms with Gasteiger partial charge in [-0.05, 0) is 19.9 Å². The number of rotatable bonds is 4. The zero-order chi connectivity index (χ0) is 19.0. The second-order valence-electron chi connectivity index (χ2n) is 6.14. The molecule has 2 heterocycles. The third-order valence-corrected chi connectivity index (χ3v) is 4.71. The maximum absolute atomic E-state index is 12.6. The molecule has 0 spiro atoms. The number of benzene rings is 1. The normalized spacial score (nSPS) is 16.0. The van der Waals surface area contributed by atoms with E-state index in [4.69, 9.17) is 14.2 Å². The van der Waals surface area contributed by atoms with Crippen LogP contribution in [-0.4, -0.2) is 37.1 Å². The van der Waals surface area contributed by atoms with Crippen LogP contribution >= 0.6 is 0 Å². The van der Waals surface area contributed by atoms with E-state index in [0.29, 0.717) is 17.1 Å². The van der Waals surface area contributed by atoms with E-state index in [2.05, 4.69) is 10.4 Å². The molecule has 1 atom stereocenters. The van der Waals surface area contributed by atoms with Gasteiger partial charge in [-0.1, -0.05) is 12.1 Å². The lowest BCUT2D eigenvalue weighted by Gasteiger charge is -2.29. The Bertz CT molecular complexity index is 898. The first-order valence-electron chi connectivity index (χ1n) is 8.25. The van der Waals surface area contributed by atoms with Crippen molar-refractivity contribution in [3.05, 3.63) is 46.3 Å². The molecule has 0 saturated heterocycles. The van der Waals surface area contributed by atoms with Crippen LogP contribution in [0.25, 0.3) is 0 Å². The van der Waals surface area contributed by atoms with E-state index in [9.17, 15) is 4.79 Å². The summed E-state index contributed by atoms with van der Waals surface area (Å²) in [4.78, 5) is 12.6. The third-order valence-electron chi connectivity index (χ3n) is 4.71. The third kappa shape index (κ3) is 2.60. The molecule has 2 aromatic rings. The van der Waals surface area contributed by atoms with Crippen LogP contribution in [0.3, 0.4) is 0 Å². The molecule has 26 heavy (non-hydrogen) atoms. The van der Waals surface area contributed by atoms with Crippen molar-refractivity contribution in [3.63, 3.8) is 0 Å². The van der Waals surface area contributed by atoms with Gasteiger partial charge in [0.2, 0.25) is 0 Å². The van der Waals surface area contributed by atoms with Crippen molar-refractivity contribution in [2.24, 2.45) is 7.05 Å². The van der Waals surface area contributed by atoms with E-state index < -0.39 is 5.97 Å². The number of anilines is 1. The fourth-order valence-electron chi connectivity index (χ4n) is 3.61. The molecule has 1 aliphatic heterocycles. The summed E-state index contributed by atoms with van der Waals surface area (Å²) in [6.45, 7) is 3.78. The molecule has 0 saturated carbocycles. The van der Waals surface area contributed by atoms with Crippen molar-refractivity contribution in [1.29, 1.82) is 0 Å². The van der Waals surface area contributed by atoms with E-state index in [1.165, 1.54) is 7.11 Å². The minimum atomic E-state index is -0.390. The number of methoxy groups -OCH3 is 3. The Balaban J connectivity index is 2.34. The van der Waals surface area contributed by atoms with Gasteiger partial charge in [-0.25, -0.2) is 4.79 Å². The number of ether oxygens (including phenoxy) is 3. The number of hydrogen-bond donors (Lipinski definition) is 1. The fraction of sp³-hybridized carbons (Fsp3) is 0.368. The van der Waals surface area contributed by atoms with Gasteiger partial charge in [-0.2, -0.15) is 5.10 Å². The van der Waals surface area contributed by atoms with E-state index >= 15 is 0 Å². The highest BCUT2D eigenvalue weighted by Gasteiger charge is 2.38. The fourth-order valence-corrected chi connectivity index (χ4v) is 3.61. The van der Waals surface area contributed by atoms with Gasteiger partial charge in [-0.15, -0.1) is 0 Å². The SMILES string of the molecule is COC(=O)C1=C(C)Nc2c(c(C)nn2C)C1c1cccc(OC)c1OC. The molecule has 0 radical (unpaired) electrons. The zero-order valence-electron chi connectivity index (χ0n) is 15.8. The molecule has 7 nitrogen and oxygen atoms in total. The topological polar surface area (TPSA) is 74.6 Å². The van der Waals surface area contributed by atoms with Crippen LogP contribution in [0.1, 0.15) is 29.7 Å². The average Bonchev–Trinajstić information content (AvgIpc) is 2.92. The molecule has 138 valence electrons. The van der Waals surface area contributed by atoms with Crippen LogP contribution < -0.4 is 14.8 Å². The Labute approximate surface area is 152 Å². The maximum atomic E-state index is 12.6. The largest absolute Gasteiger partial charge is 0.493 e. The highest BCUT2D eigenvalue weighted by atomic mass is 16.5. The molecule has 0 fully saturated rings.